The van der Waals surface area contributed by atoms with Gasteiger partial charge in [0.15, 0.2) is 11.5 Å². The molecule has 2 aromatic carbocycles. The van der Waals surface area contributed by atoms with Crippen LogP contribution in [-0.2, 0) is 19.1 Å². The SMILES string of the molecule is COc1cc(N=Nc2c(Br)cc([N+](=O)[O-])cc2[N+](=O)[O-])c(NC(C)=O)cc1NCC(C)C(=O)OCC(C)=O. The number of halogens is 1. The van der Waals surface area contributed by atoms with Gasteiger partial charge in [0.05, 0.1) is 44.8 Å². The fourth-order valence-corrected chi connectivity index (χ4v) is 3.45. The number of non-ortho nitro benzene ring substituents is 1. The number of anilines is 2. The van der Waals surface area contributed by atoms with Crippen LogP contribution in [0.15, 0.2) is 39.0 Å². The van der Waals surface area contributed by atoms with E-state index in [1.807, 2.05) is 0 Å². The molecule has 15 nitrogen and oxygen atoms in total. The number of nitro groups is 2. The van der Waals surface area contributed by atoms with Gasteiger partial charge in [-0.3, -0.25) is 34.6 Å². The summed E-state index contributed by atoms with van der Waals surface area (Å²) < 4.78 is 10.2. The molecule has 0 saturated carbocycles. The summed E-state index contributed by atoms with van der Waals surface area (Å²) in [5.74, 6) is -1.75. The highest BCUT2D eigenvalue weighted by Gasteiger charge is 2.24. The average molecular weight is 595 g/mol. The maximum Gasteiger partial charge on any atom is 0.310 e. The van der Waals surface area contributed by atoms with Gasteiger partial charge in [0.2, 0.25) is 5.91 Å². The van der Waals surface area contributed by atoms with Crippen molar-refractivity contribution in [1.82, 2.24) is 0 Å². The Bertz CT molecular complexity index is 1310. The largest absolute Gasteiger partial charge is 0.495 e. The molecule has 38 heavy (non-hydrogen) atoms. The van der Waals surface area contributed by atoms with Crippen molar-refractivity contribution in [2.24, 2.45) is 16.1 Å². The van der Waals surface area contributed by atoms with Gasteiger partial charge >= 0.3 is 11.7 Å². The first-order valence-electron chi connectivity index (χ1n) is 10.8. The van der Waals surface area contributed by atoms with Gasteiger partial charge in [-0.15, -0.1) is 10.2 Å². The van der Waals surface area contributed by atoms with Gasteiger partial charge < -0.3 is 20.1 Å². The van der Waals surface area contributed by atoms with Crippen molar-refractivity contribution in [3.8, 4) is 5.75 Å². The minimum Gasteiger partial charge on any atom is -0.495 e. The van der Waals surface area contributed by atoms with Crippen molar-refractivity contribution in [3.63, 3.8) is 0 Å². The molecule has 1 unspecified atom stereocenters. The molecule has 0 radical (unpaired) electrons. The quantitative estimate of drug-likeness (QED) is 0.148. The molecule has 0 fully saturated rings. The van der Waals surface area contributed by atoms with Crippen LogP contribution in [0.1, 0.15) is 20.8 Å². The van der Waals surface area contributed by atoms with Gasteiger partial charge in [0.1, 0.15) is 18.0 Å². The summed E-state index contributed by atoms with van der Waals surface area (Å²) >= 11 is 3.05. The van der Waals surface area contributed by atoms with Gasteiger partial charge in [0.25, 0.3) is 5.69 Å². The third-order valence-electron chi connectivity index (χ3n) is 4.74. The number of rotatable bonds is 12. The van der Waals surface area contributed by atoms with Gasteiger partial charge in [-0.1, -0.05) is 6.92 Å². The molecule has 0 aliphatic rings. The Balaban J connectivity index is 2.44. The van der Waals surface area contributed by atoms with Crippen LogP contribution in [0.4, 0.5) is 34.1 Å². The lowest BCUT2D eigenvalue weighted by Crippen LogP contribution is -2.24. The normalized spacial score (nSPS) is 11.5. The molecule has 0 aliphatic heterocycles. The number of ether oxygens (including phenoxy) is 2. The summed E-state index contributed by atoms with van der Waals surface area (Å²) in [6.45, 7) is 3.90. The monoisotopic (exact) mass is 594 g/mol. The third kappa shape index (κ3) is 8.02. The van der Waals surface area contributed by atoms with Crippen LogP contribution in [0, 0.1) is 26.1 Å². The predicted molar refractivity (Wildman–Crippen MR) is 138 cm³/mol. The average Bonchev–Trinajstić information content (AvgIpc) is 2.84. The number of carbonyl (C=O) groups excluding carboxylic acids is 3. The van der Waals surface area contributed by atoms with Crippen molar-refractivity contribution in [1.29, 1.82) is 0 Å². The topological polar surface area (TPSA) is 205 Å². The zero-order valence-electron chi connectivity index (χ0n) is 20.6. The van der Waals surface area contributed by atoms with Crippen molar-refractivity contribution in [2.45, 2.75) is 20.8 Å². The lowest BCUT2D eigenvalue weighted by molar-refractivity contribution is -0.393. The number of esters is 1. The number of Topliss-reactive ketones (excluding diaryl/α,β-unsaturated/α-hetero) is 1. The van der Waals surface area contributed by atoms with Crippen LogP contribution in [0.5, 0.6) is 5.75 Å². The number of hydrogen-bond donors (Lipinski definition) is 2. The highest BCUT2D eigenvalue weighted by atomic mass is 79.9. The van der Waals surface area contributed by atoms with Gasteiger partial charge in [-0.2, -0.15) is 0 Å². The molecular formula is C22H23BrN6O9. The summed E-state index contributed by atoms with van der Waals surface area (Å²) in [6.07, 6.45) is 0. The standard InChI is InChI=1S/C22H23BrN6O9/c1-11(22(32)38-10-12(2)30)9-24-18-7-16(25-13(3)31)17(8-20(18)37-4)26-27-21-15(23)5-14(28(33)34)6-19(21)29(35)36/h5-8,11,24H,9-10H2,1-4H3,(H,25,31). The van der Waals surface area contributed by atoms with E-state index in [1.165, 1.54) is 33.1 Å². The Hall–Kier alpha value is -4.47. The molecule has 1 amide bonds. The second-order valence-electron chi connectivity index (χ2n) is 7.85. The van der Waals surface area contributed by atoms with Crippen LogP contribution >= 0.6 is 15.9 Å². The fourth-order valence-electron chi connectivity index (χ4n) is 2.93. The molecule has 2 aromatic rings. The van der Waals surface area contributed by atoms with E-state index in [0.29, 0.717) is 5.69 Å². The molecule has 202 valence electrons. The molecule has 0 aliphatic carbocycles. The number of benzene rings is 2. The molecular weight excluding hydrogens is 572 g/mol. The van der Waals surface area contributed by atoms with E-state index in [-0.39, 0.29) is 46.2 Å². The maximum absolute atomic E-state index is 12.1. The molecule has 0 bridgehead atoms. The Labute approximate surface area is 224 Å². The first-order chi connectivity index (χ1) is 17.8. The van der Waals surface area contributed by atoms with E-state index in [4.69, 9.17) is 9.47 Å². The maximum atomic E-state index is 12.1. The zero-order chi connectivity index (χ0) is 28.6. The van der Waals surface area contributed by atoms with Crippen LogP contribution in [0.3, 0.4) is 0 Å². The van der Waals surface area contributed by atoms with Crippen LogP contribution < -0.4 is 15.4 Å². The summed E-state index contributed by atoms with van der Waals surface area (Å²) in [7, 11) is 1.36. The van der Waals surface area contributed by atoms with E-state index in [9.17, 15) is 34.6 Å². The van der Waals surface area contributed by atoms with Crippen LogP contribution in [0.25, 0.3) is 0 Å². The Morgan fingerprint density at radius 2 is 1.74 bits per heavy atom. The minimum absolute atomic E-state index is 0.0425. The molecule has 0 spiro atoms. The summed E-state index contributed by atoms with van der Waals surface area (Å²) in [6, 6.07) is 4.65. The fraction of sp³-hybridized carbons (Fsp3) is 0.318. The zero-order valence-corrected chi connectivity index (χ0v) is 22.2. The number of carbonyl (C=O) groups is 3. The molecule has 1 atom stereocenters. The summed E-state index contributed by atoms with van der Waals surface area (Å²) in [5, 5.41) is 36.0. The number of hydrogen-bond acceptors (Lipinski definition) is 12. The molecule has 16 heteroatoms. The van der Waals surface area contributed by atoms with Crippen LogP contribution in [0.2, 0.25) is 0 Å². The molecule has 2 N–H and O–H groups in total. The minimum atomic E-state index is -0.836. The van der Waals surface area contributed by atoms with Gasteiger partial charge in [0, 0.05) is 25.6 Å². The Morgan fingerprint density at radius 3 is 2.29 bits per heavy atom. The number of nitrogens with zero attached hydrogens (tertiary/aromatic N) is 4. The number of nitro benzene ring substituents is 2. The second-order valence-corrected chi connectivity index (χ2v) is 8.71. The third-order valence-corrected chi connectivity index (χ3v) is 5.35. The second kappa shape index (κ2) is 13.2. The molecule has 2 rings (SSSR count). The Morgan fingerprint density at radius 1 is 1.05 bits per heavy atom. The highest BCUT2D eigenvalue weighted by Crippen LogP contribution is 2.42. The Kier molecular flexibility index (Phi) is 10.3. The van der Waals surface area contributed by atoms with E-state index < -0.39 is 39.0 Å². The number of nitrogens with one attached hydrogen (secondary N) is 2. The summed E-state index contributed by atoms with van der Waals surface area (Å²) in [5.41, 5.74) is -0.893. The van der Waals surface area contributed by atoms with E-state index in [2.05, 4.69) is 36.8 Å². The number of ketones is 1. The first-order valence-corrected chi connectivity index (χ1v) is 11.6. The first kappa shape index (κ1) is 29.8. The van der Waals surface area contributed by atoms with Crippen molar-refractivity contribution in [2.75, 3.05) is 30.9 Å². The number of amides is 1. The molecule has 0 aromatic heterocycles. The smallest absolute Gasteiger partial charge is 0.310 e. The lowest BCUT2D eigenvalue weighted by atomic mass is 10.1. The van der Waals surface area contributed by atoms with E-state index in [0.717, 1.165) is 12.1 Å². The molecule has 0 heterocycles. The van der Waals surface area contributed by atoms with Crippen molar-refractivity contribution >= 4 is 67.7 Å². The van der Waals surface area contributed by atoms with Crippen molar-refractivity contribution < 1.29 is 33.7 Å². The molecule has 0 saturated heterocycles. The van der Waals surface area contributed by atoms with Gasteiger partial charge in [-0.25, -0.2) is 0 Å². The van der Waals surface area contributed by atoms with E-state index in [1.54, 1.807) is 6.92 Å². The summed E-state index contributed by atoms with van der Waals surface area (Å²) in [4.78, 5) is 55.8. The number of methoxy groups -OCH3 is 1. The number of azo groups is 1. The van der Waals surface area contributed by atoms with Gasteiger partial charge in [-0.05, 0) is 28.9 Å². The van der Waals surface area contributed by atoms with E-state index >= 15 is 0 Å². The van der Waals surface area contributed by atoms with Crippen LogP contribution in [-0.4, -0.2) is 47.8 Å². The lowest BCUT2D eigenvalue weighted by Gasteiger charge is -2.17. The highest BCUT2D eigenvalue weighted by molar-refractivity contribution is 9.10. The van der Waals surface area contributed by atoms with Crippen molar-refractivity contribution in [3.05, 3.63) is 49.0 Å². The predicted octanol–water partition coefficient (Wildman–Crippen LogP) is 4.83.